The summed E-state index contributed by atoms with van der Waals surface area (Å²) in [6, 6.07) is 1.65. The number of hydrogen-bond acceptors (Lipinski definition) is 6. The minimum Gasteiger partial charge on any atom is -0.494 e. The molecule has 1 aromatic heterocycles. The Morgan fingerprint density at radius 3 is 2.36 bits per heavy atom. The van der Waals surface area contributed by atoms with Crippen molar-refractivity contribution in [1.29, 1.82) is 0 Å². The molecule has 3 fully saturated rings. The highest BCUT2D eigenvalue weighted by molar-refractivity contribution is 6.01. The molecule has 0 bridgehead atoms. The number of aldehydes is 1. The Morgan fingerprint density at radius 1 is 1.11 bits per heavy atom. The van der Waals surface area contributed by atoms with Crippen LogP contribution in [-0.2, 0) is 14.4 Å². The Hall–Kier alpha value is -3.10. The number of anilines is 1. The summed E-state index contributed by atoms with van der Waals surface area (Å²) in [6.07, 6.45) is 1.17. The van der Waals surface area contributed by atoms with Crippen molar-refractivity contribution in [3.8, 4) is 11.8 Å². The summed E-state index contributed by atoms with van der Waals surface area (Å²) in [5, 5.41) is 23.7. The zero-order chi connectivity index (χ0) is 19.7. The molecule has 1 aliphatic carbocycles. The predicted octanol–water partition coefficient (Wildman–Crippen LogP) is 1.05. The number of benzene rings is 1. The topological polar surface area (TPSA) is 112 Å². The molecular weight excluding hydrogens is 369 g/mol. The second-order valence-electron chi connectivity index (χ2n) is 7.78. The molecule has 2 amide bonds. The standard InChI is InChI=1S/C19H18FN3O5/c20-13-3-8-9(4-15(13)22-5-10-11(6-22)12(10)7-24)19(28)23(18(8)27)14-1-2-16(25)21-17(14)26/h3-4,7,10-12,14,27-28H,1-2,5-6H2,(H,21,25,26). The Labute approximate surface area is 158 Å². The molecule has 1 aromatic carbocycles. The van der Waals surface area contributed by atoms with E-state index in [1.54, 1.807) is 0 Å². The highest BCUT2D eigenvalue weighted by atomic mass is 19.1. The number of imide groups is 1. The molecule has 2 saturated heterocycles. The van der Waals surface area contributed by atoms with E-state index >= 15 is 0 Å². The Balaban J connectivity index is 1.54. The third kappa shape index (κ3) is 2.25. The van der Waals surface area contributed by atoms with E-state index in [0.717, 1.165) is 16.9 Å². The summed E-state index contributed by atoms with van der Waals surface area (Å²) in [6.45, 7) is 1.13. The van der Waals surface area contributed by atoms with Gasteiger partial charge < -0.3 is 19.9 Å². The van der Waals surface area contributed by atoms with Gasteiger partial charge in [-0.15, -0.1) is 0 Å². The molecular formula is C19H18FN3O5. The van der Waals surface area contributed by atoms with Crippen LogP contribution in [0.4, 0.5) is 10.1 Å². The first-order valence-corrected chi connectivity index (χ1v) is 9.20. The summed E-state index contributed by atoms with van der Waals surface area (Å²) in [5.74, 6) is -1.82. The van der Waals surface area contributed by atoms with E-state index in [1.807, 2.05) is 4.90 Å². The lowest BCUT2D eigenvalue weighted by atomic mass is 10.1. The van der Waals surface area contributed by atoms with Crippen molar-refractivity contribution in [3.05, 3.63) is 17.9 Å². The van der Waals surface area contributed by atoms with Crippen LogP contribution in [0.2, 0.25) is 0 Å². The zero-order valence-corrected chi connectivity index (χ0v) is 14.8. The predicted molar refractivity (Wildman–Crippen MR) is 95.4 cm³/mol. The Morgan fingerprint density at radius 2 is 1.75 bits per heavy atom. The van der Waals surface area contributed by atoms with Crippen LogP contribution in [0.3, 0.4) is 0 Å². The van der Waals surface area contributed by atoms with Gasteiger partial charge in [0.15, 0.2) is 0 Å². The van der Waals surface area contributed by atoms with Crippen LogP contribution in [0, 0.1) is 23.6 Å². The highest BCUT2D eigenvalue weighted by Crippen LogP contribution is 2.52. The van der Waals surface area contributed by atoms with Crippen molar-refractivity contribution in [2.45, 2.75) is 18.9 Å². The molecule has 146 valence electrons. The van der Waals surface area contributed by atoms with E-state index in [2.05, 4.69) is 5.32 Å². The first kappa shape index (κ1) is 17.0. The molecule has 3 aliphatic rings. The number of nitrogens with zero attached hydrogens (tertiary/aromatic N) is 2. The van der Waals surface area contributed by atoms with Crippen molar-refractivity contribution in [2.75, 3.05) is 18.0 Å². The molecule has 5 rings (SSSR count). The van der Waals surface area contributed by atoms with E-state index in [9.17, 15) is 29.0 Å². The number of carbonyl (C=O) groups excluding carboxylic acids is 3. The summed E-state index contributed by atoms with van der Waals surface area (Å²) < 4.78 is 15.8. The van der Waals surface area contributed by atoms with E-state index in [4.69, 9.17) is 0 Å². The van der Waals surface area contributed by atoms with E-state index in [-0.39, 0.29) is 47.2 Å². The van der Waals surface area contributed by atoms with Crippen molar-refractivity contribution in [1.82, 2.24) is 9.88 Å². The molecule has 1 saturated carbocycles. The minimum atomic E-state index is -0.954. The number of nitrogens with one attached hydrogen (secondary N) is 1. The van der Waals surface area contributed by atoms with E-state index in [0.29, 0.717) is 18.8 Å². The number of aromatic hydroxyl groups is 2. The average molecular weight is 387 g/mol. The van der Waals surface area contributed by atoms with Crippen molar-refractivity contribution in [2.24, 2.45) is 17.8 Å². The minimum absolute atomic E-state index is 0.0501. The van der Waals surface area contributed by atoms with Crippen molar-refractivity contribution < 1.29 is 29.0 Å². The Bertz CT molecular complexity index is 1040. The number of fused-ring (bicyclic) bond motifs is 2. The fourth-order valence-electron chi connectivity index (χ4n) is 4.73. The lowest BCUT2D eigenvalue weighted by molar-refractivity contribution is -0.136. The molecule has 2 aliphatic heterocycles. The van der Waals surface area contributed by atoms with Gasteiger partial charge in [0.25, 0.3) is 0 Å². The summed E-state index contributed by atoms with van der Waals surface area (Å²) in [4.78, 5) is 36.3. The molecule has 0 radical (unpaired) electrons. The van der Waals surface area contributed by atoms with Gasteiger partial charge in [-0.25, -0.2) is 4.39 Å². The lowest BCUT2D eigenvalue weighted by Crippen LogP contribution is -2.41. The van der Waals surface area contributed by atoms with Gasteiger partial charge >= 0.3 is 0 Å². The zero-order valence-electron chi connectivity index (χ0n) is 14.8. The van der Waals surface area contributed by atoms with Crippen molar-refractivity contribution in [3.63, 3.8) is 0 Å². The molecule has 3 heterocycles. The van der Waals surface area contributed by atoms with E-state index in [1.165, 1.54) is 6.07 Å². The quantitative estimate of drug-likeness (QED) is 0.536. The Kier molecular flexibility index (Phi) is 3.47. The maximum atomic E-state index is 14.7. The van der Waals surface area contributed by atoms with Crippen LogP contribution in [0.5, 0.6) is 11.8 Å². The number of piperidine rings is 2. The highest BCUT2D eigenvalue weighted by Gasteiger charge is 2.56. The van der Waals surface area contributed by atoms with Gasteiger partial charge in [-0.1, -0.05) is 0 Å². The van der Waals surface area contributed by atoms with Gasteiger partial charge in [0.05, 0.1) is 11.1 Å². The van der Waals surface area contributed by atoms with Crippen LogP contribution in [0.25, 0.3) is 10.8 Å². The average Bonchev–Trinajstić information content (AvgIpc) is 3.02. The second kappa shape index (κ2) is 5.70. The molecule has 9 heteroatoms. The number of rotatable bonds is 3. The largest absolute Gasteiger partial charge is 0.494 e. The fourth-order valence-corrected chi connectivity index (χ4v) is 4.73. The lowest BCUT2D eigenvalue weighted by Gasteiger charge is -2.23. The number of hydrogen-bond donors (Lipinski definition) is 3. The number of carbonyl (C=O) groups is 3. The van der Waals surface area contributed by atoms with Gasteiger partial charge in [0, 0.05) is 30.8 Å². The van der Waals surface area contributed by atoms with Gasteiger partial charge in [-0.3, -0.25) is 19.5 Å². The van der Waals surface area contributed by atoms with E-state index < -0.39 is 29.6 Å². The maximum Gasteiger partial charge on any atom is 0.249 e. The van der Waals surface area contributed by atoms with Crippen LogP contribution < -0.4 is 10.2 Å². The summed E-state index contributed by atoms with van der Waals surface area (Å²) in [7, 11) is 0. The normalized spacial score (nSPS) is 29.1. The third-order valence-corrected chi connectivity index (χ3v) is 6.31. The first-order valence-electron chi connectivity index (χ1n) is 9.20. The second-order valence-corrected chi connectivity index (χ2v) is 7.78. The monoisotopic (exact) mass is 387 g/mol. The van der Waals surface area contributed by atoms with Gasteiger partial charge in [0.1, 0.15) is 18.1 Å². The molecule has 2 aromatic rings. The SMILES string of the molecule is O=CC1C2CN(c3cc4c(O)n(C5CCC(=O)NC5=O)c(O)c4cc3F)CC12. The van der Waals surface area contributed by atoms with Gasteiger partial charge in [-0.05, 0) is 30.4 Å². The van der Waals surface area contributed by atoms with Crippen LogP contribution >= 0.6 is 0 Å². The number of halogens is 1. The first-order chi connectivity index (χ1) is 13.4. The van der Waals surface area contributed by atoms with Crippen molar-refractivity contribution >= 4 is 34.6 Å². The molecule has 8 nitrogen and oxygen atoms in total. The molecule has 28 heavy (non-hydrogen) atoms. The fraction of sp³-hybridized carbons (Fsp3) is 0.421. The third-order valence-electron chi connectivity index (χ3n) is 6.31. The summed E-state index contributed by atoms with van der Waals surface area (Å²) >= 11 is 0. The molecule has 3 atom stereocenters. The van der Waals surface area contributed by atoms with Crippen LogP contribution in [0.15, 0.2) is 12.1 Å². The number of amides is 2. The smallest absolute Gasteiger partial charge is 0.249 e. The molecule has 3 unspecified atom stereocenters. The summed E-state index contributed by atoms with van der Waals surface area (Å²) in [5.41, 5.74) is 0.292. The molecule has 3 N–H and O–H groups in total. The van der Waals surface area contributed by atoms with Crippen LogP contribution in [0.1, 0.15) is 18.9 Å². The molecule has 0 spiro atoms. The van der Waals surface area contributed by atoms with Gasteiger partial charge in [0.2, 0.25) is 23.6 Å². The number of aromatic nitrogens is 1. The van der Waals surface area contributed by atoms with Crippen LogP contribution in [-0.4, -0.2) is 46.0 Å². The van der Waals surface area contributed by atoms with Gasteiger partial charge in [-0.2, -0.15) is 0 Å². The maximum absolute atomic E-state index is 14.7.